The molecular formula is C16H23N3O5. The topological polar surface area (TPSA) is 135 Å². The Balaban J connectivity index is 2.47. The summed E-state index contributed by atoms with van der Waals surface area (Å²) in [6.07, 6.45) is 5.75. The highest BCUT2D eigenvalue weighted by molar-refractivity contribution is 5.95. The third-order valence-electron chi connectivity index (χ3n) is 3.26. The highest BCUT2D eigenvalue weighted by atomic mass is 16.4. The van der Waals surface area contributed by atoms with Crippen molar-refractivity contribution in [3.63, 3.8) is 0 Å². The molecular weight excluding hydrogens is 314 g/mol. The Kier molecular flexibility index (Phi) is 8.28. The van der Waals surface area contributed by atoms with Gasteiger partial charge in [0.25, 0.3) is 0 Å². The van der Waals surface area contributed by atoms with Gasteiger partial charge >= 0.3 is 5.97 Å². The maximum Gasteiger partial charge on any atom is 0.326 e. The molecule has 2 atom stereocenters. The van der Waals surface area contributed by atoms with E-state index in [0.717, 1.165) is 0 Å². The third kappa shape index (κ3) is 7.10. The van der Waals surface area contributed by atoms with Crippen LogP contribution in [0.25, 0.3) is 6.08 Å². The van der Waals surface area contributed by atoms with Gasteiger partial charge < -0.3 is 25.9 Å². The molecule has 24 heavy (non-hydrogen) atoms. The van der Waals surface area contributed by atoms with Gasteiger partial charge in [-0.3, -0.25) is 9.59 Å². The SMILES string of the molecule is C[C@H](NC(=O)/C=C\c1ccco1)C(=O)N[C@H](CCCCN)C(=O)O. The van der Waals surface area contributed by atoms with E-state index in [4.69, 9.17) is 15.3 Å². The van der Waals surface area contributed by atoms with Gasteiger partial charge in [-0.25, -0.2) is 4.79 Å². The van der Waals surface area contributed by atoms with E-state index < -0.39 is 29.9 Å². The van der Waals surface area contributed by atoms with Gasteiger partial charge in [-0.15, -0.1) is 0 Å². The van der Waals surface area contributed by atoms with Crippen molar-refractivity contribution in [1.29, 1.82) is 0 Å². The first-order valence-corrected chi connectivity index (χ1v) is 7.69. The summed E-state index contributed by atoms with van der Waals surface area (Å²) >= 11 is 0. The van der Waals surface area contributed by atoms with Gasteiger partial charge in [-0.1, -0.05) is 0 Å². The van der Waals surface area contributed by atoms with Crippen LogP contribution in [-0.2, 0) is 14.4 Å². The Bertz CT molecular complexity index is 568. The van der Waals surface area contributed by atoms with Gasteiger partial charge in [0.2, 0.25) is 11.8 Å². The molecule has 0 unspecified atom stereocenters. The summed E-state index contributed by atoms with van der Waals surface area (Å²) in [5.41, 5.74) is 5.36. The maximum absolute atomic E-state index is 12.0. The number of aliphatic carboxylic acids is 1. The van der Waals surface area contributed by atoms with Crippen molar-refractivity contribution < 1.29 is 23.9 Å². The standard InChI is InChI=1S/C16H23N3O5/c1-11(18-14(20)8-7-12-5-4-10-24-12)15(21)19-13(16(22)23)6-2-3-9-17/h4-5,7-8,10-11,13H,2-3,6,9,17H2,1H3,(H,18,20)(H,19,21)(H,22,23)/b8-7-/t11-,13+/m0/s1. The Morgan fingerprint density at radius 2 is 2.08 bits per heavy atom. The molecule has 0 aliphatic carbocycles. The third-order valence-corrected chi connectivity index (χ3v) is 3.26. The molecule has 132 valence electrons. The first kappa shape index (κ1) is 19.4. The Morgan fingerprint density at radius 3 is 2.67 bits per heavy atom. The van der Waals surface area contributed by atoms with E-state index >= 15 is 0 Å². The zero-order valence-corrected chi connectivity index (χ0v) is 13.5. The van der Waals surface area contributed by atoms with Gasteiger partial charge in [0, 0.05) is 6.08 Å². The largest absolute Gasteiger partial charge is 0.480 e. The number of unbranched alkanes of at least 4 members (excludes halogenated alkanes) is 1. The molecule has 0 aliphatic rings. The van der Waals surface area contributed by atoms with Crippen molar-refractivity contribution in [2.75, 3.05) is 6.54 Å². The number of carbonyl (C=O) groups is 3. The molecule has 0 spiro atoms. The molecule has 0 aromatic carbocycles. The van der Waals surface area contributed by atoms with Crippen LogP contribution in [0.2, 0.25) is 0 Å². The predicted octanol–water partition coefficient (Wildman–Crippen LogP) is 0.496. The number of hydrogen-bond acceptors (Lipinski definition) is 5. The minimum absolute atomic E-state index is 0.289. The summed E-state index contributed by atoms with van der Waals surface area (Å²) in [6, 6.07) is 1.50. The summed E-state index contributed by atoms with van der Waals surface area (Å²) in [5.74, 6) is -1.65. The molecule has 1 heterocycles. The summed E-state index contributed by atoms with van der Waals surface area (Å²) in [4.78, 5) is 34.9. The fourth-order valence-corrected chi connectivity index (χ4v) is 1.92. The highest BCUT2D eigenvalue weighted by Gasteiger charge is 2.23. The van der Waals surface area contributed by atoms with Crippen LogP contribution in [-0.4, -0.2) is 41.5 Å². The molecule has 0 radical (unpaired) electrons. The predicted molar refractivity (Wildman–Crippen MR) is 87.8 cm³/mol. The number of nitrogens with two attached hydrogens (primary N) is 1. The second-order valence-corrected chi connectivity index (χ2v) is 5.26. The van der Waals surface area contributed by atoms with E-state index in [1.54, 1.807) is 12.1 Å². The molecule has 5 N–H and O–H groups in total. The summed E-state index contributed by atoms with van der Waals surface area (Å²) in [6.45, 7) is 1.95. The number of rotatable bonds is 10. The van der Waals surface area contributed by atoms with E-state index in [1.165, 1.54) is 25.3 Å². The summed E-state index contributed by atoms with van der Waals surface area (Å²) in [5, 5.41) is 14.0. The van der Waals surface area contributed by atoms with Crippen LogP contribution in [0, 0.1) is 0 Å². The number of carboxylic acid groups (broad SMARTS) is 1. The lowest BCUT2D eigenvalue weighted by Crippen LogP contribution is -2.50. The van der Waals surface area contributed by atoms with E-state index in [2.05, 4.69) is 10.6 Å². The van der Waals surface area contributed by atoms with E-state index in [0.29, 0.717) is 25.1 Å². The van der Waals surface area contributed by atoms with Crippen molar-refractivity contribution in [2.45, 2.75) is 38.3 Å². The van der Waals surface area contributed by atoms with Gasteiger partial charge in [-0.2, -0.15) is 0 Å². The lowest BCUT2D eigenvalue weighted by molar-refractivity contribution is -0.142. The van der Waals surface area contributed by atoms with Crippen molar-refractivity contribution in [1.82, 2.24) is 10.6 Å². The van der Waals surface area contributed by atoms with Crippen molar-refractivity contribution in [3.05, 3.63) is 30.2 Å². The zero-order valence-electron chi connectivity index (χ0n) is 13.5. The Labute approximate surface area is 140 Å². The number of nitrogens with one attached hydrogen (secondary N) is 2. The van der Waals surface area contributed by atoms with Crippen LogP contribution in [0.4, 0.5) is 0 Å². The average Bonchev–Trinajstić information content (AvgIpc) is 3.05. The lowest BCUT2D eigenvalue weighted by atomic mass is 10.1. The van der Waals surface area contributed by atoms with E-state index in [-0.39, 0.29) is 6.42 Å². The maximum atomic E-state index is 12.0. The molecule has 0 aliphatic heterocycles. The summed E-state index contributed by atoms with van der Waals surface area (Å²) in [7, 11) is 0. The zero-order chi connectivity index (χ0) is 17.9. The summed E-state index contributed by atoms with van der Waals surface area (Å²) < 4.78 is 5.04. The minimum Gasteiger partial charge on any atom is -0.480 e. The molecule has 0 fully saturated rings. The van der Waals surface area contributed by atoms with Gasteiger partial charge in [0.05, 0.1) is 6.26 Å². The van der Waals surface area contributed by atoms with Crippen LogP contribution in [0.3, 0.4) is 0 Å². The van der Waals surface area contributed by atoms with Crippen molar-refractivity contribution in [3.8, 4) is 0 Å². The highest BCUT2D eigenvalue weighted by Crippen LogP contribution is 2.03. The average molecular weight is 337 g/mol. The molecule has 0 bridgehead atoms. The molecule has 2 amide bonds. The number of amides is 2. The fourth-order valence-electron chi connectivity index (χ4n) is 1.92. The monoisotopic (exact) mass is 337 g/mol. The molecule has 1 aromatic heterocycles. The second-order valence-electron chi connectivity index (χ2n) is 5.26. The van der Waals surface area contributed by atoms with Crippen LogP contribution in [0.5, 0.6) is 0 Å². The lowest BCUT2D eigenvalue weighted by Gasteiger charge is -2.18. The first-order valence-electron chi connectivity index (χ1n) is 7.69. The number of furan rings is 1. The quantitative estimate of drug-likeness (QED) is 0.363. The fraction of sp³-hybridized carbons (Fsp3) is 0.438. The molecule has 0 saturated heterocycles. The van der Waals surface area contributed by atoms with Gasteiger partial charge in [-0.05, 0) is 50.9 Å². The molecule has 0 saturated carbocycles. The smallest absolute Gasteiger partial charge is 0.326 e. The number of carbonyl (C=O) groups excluding carboxylic acids is 2. The van der Waals surface area contributed by atoms with Crippen LogP contribution < -0.4 is 16.4 Å². The normalized spacial score (nSPS) is 13.4. The minimum atomic E-state index is -1.11. The van der Waals surface area contributed by atoms with Crippen LogP contribution in [0.1, 0.15) is 31.9 Å². The first-order chi connectivity index (χ1) is 11.4. The van der Waals surface area contributed by atoms with E-state index in [1.807, 2.05) is 0 Å². The van der Waals surface area contributed by atoms with Gasteiger partial charge in [0.1, 0.15) is 17.8 Å². The Morgan fingerprint density at radius 1 is 1.33 bits per heavy atom. The van der Waals surface area contributed by atoms with Crippen LogP contribution >= 0.6 is 0 Å². The second kappa shape index (κ2) is 10.2. The molecule has 8 heteroatoms. The number of carboxylic acids is 1. The molecule has 1 aromatic rings. The van der Waals surface area contributed by atoms with E-state index in [9.17, 15) is 14.4 Å². The van der Waals surface area contributed by atoms with Crippen molar-refractivity contribution in [2.24, 2.45) is 5.73 Å². The van der Waals surface area contributed by atoms with Crippen molar-refractivity contribution >= 4 is 23.9 Å². The molecule has 1 rings (SSSR count). The number of hydrogen-bond donors (Lipinski definition) is 4. The van der Waals surface area contributed by atoms with Crippen LogP contribution in [0.15, 0.2) is 28.9 Å². The molecule has 8 nitrogen and oxygen atoms in total. The van der Waals surface area contributed by atoms with Gasteiger partial charge in [0.15, 0.2) is 0 Å². The Hall–Kier alpha value is -2.61.